The van der Waals surface area contributed by atoms with Gasteiger partial charge in [-0.2, -0.15) is 0 Å². The summed E-state index contributed by atoms with van der Waals surface area (Å²) in [5.74, 6) is 0.123. The first-order chi connectivity index (χ1) is 20.7. The Kier molecular flexibility index (Phi) is 8.46. The molecule has 1 amide bonds. The van der Waals surface area contributed by atoms with Crippen LogP contribution in [0.25, 0.3) is 11.6 Å². The van der Waals surface area contributed by atoms with E-state index in [0.29, 0.717) is 40.8 Å². The first kappa shape index (κ1) is 29.6. The van der Waals surface area contributed by atoms with E-state index in [2.05, 4.69) is 41.0 Å². The van der Waals surface area contributed by atoms with Gasteiger partial charge in [0.25, 0.3) is 5.91 Å². The van der Waals surface area contributed by atoms with Crippen LogP contribution in [0.3, 0.4) is 0 Å². The van der Waals surface area contributed by atoms with E-state index in [1.165, 1.54) is 18.4 Å². The average molecular weight is 605 g/mol. The number of aromatic nitrogens is 1. The fourth-order valence-electron chi connectivity index (χ4n) is 5.90. The van der Waals surface area contributed by atoms with Gasteiger partial charge in [0.15, 0.2) is 9.84 Å². The van der Waals surface area contributed by atoms with E-state index in [-0.39, 0.29) is 16.6 Å². The van der Waals surface area contributed by atoms with E-state index in [9.17, 15) is 13.2 Å². The third kappa shape index (κ3) is 6.57. The van der Waals surface area contributed by atoms with E-state index in [0.717, 1.165) is 56.3 Å². The van der Waals surface area contributed by atoms with Crippen molar-refractivity contribution in [3.8, 4) is 5.75 Å². The highest BCUT2D eigenvalue weighted by Gasteiger charge is 2.29. The highest BCUT2D eigenvalue weighted by atomic mass is 32.2. The van der Waals surface area contributed by atoms with E-state index < -0.39 is 9.84 Å². The molecule has 228 valence electrons. The summed E-state index contributed by atoms with van der Waals surface area (Å²) in [5, 5.41) is 2.90. The molecular weight excluding hydrogens is 564 g/mol. The van der Waals surface area contributed by atoms with Crippen LogP contribution in [0.4, 0.5) is 5.69 Å². The number of carbonyl (C=O) groups is 1. The van der Waals surface area contributed by atoms with Gasteiger partial charge >= 0.3 is 0 Å². The molecule has 43 heavy (non-hydrogen) atoms. The lowest BCUT2D eigenvalue weighted by Gasteiger charge is -2.26. The monoisotopic (exact) mass is 604 g/mol. The van der Waals surface area contributed by atoms with Crippen LogP contribution in [0.15, 0.2) is 47.4 Å². The van der Waals surface area contributed by atoms with Crippen LogP contribution < -0.4 is 10.1 Å². The zero-order valence-electron chi connectivity index (χ0n) is 25.1. The molecule has 1 saturated carbocycles. The molecule has 0 atom stereocenters. The number of fused-ring (bicyclic) bond motifs is 1. The molecule has 0 bridgehead atoms. The molecule has 2 N–H and O–H groups in total. The van der Waals surface area contributed by atoms with Gasteiger partial charge in [-0.1, -0.05) is 18.2 Å². The summed E-state index contributed by atoms with van der Waals surface area (Å²) < 4.78 is 38.8. The van der Waals surface area contributed by atoms with Crippen molar-refractivity contribution in [1.82, 2.24) is 14.8 Å². The number of carbonyl (C=O) groups excluding carboxylic acids is 1. The van der Waals surface area contributed by atoms with Crippen molar-refractivity contribution < 1.29 is 22.7 Å². The second-order valence-corrected chi connectivity index (χ2v) is 13.8. The number of aromatic amines is 1. The maximum Gasteiger partial charge on any atom is 0.256 e. The Hall–Kier alpha value is -3.44. The number of sulfone groups is 1. The number of rotatable bonds is 11. The van der Waals surface area contributed by atoms with E-state index in [4.69, 9.17) is 9.47 Å². The highest BCUT2D eigenvalue weighted by molar-refractivity contribution is 7.90. The van der Waals surface area contributed by atoms with Crippen molar-refractivity contribution in [3.05, 3.63) is 76.1 Å². The molecule has 0 radical (unpaired) electrons. The van der Waals surface area contributed by atoms with Crippen molar-refractivity contribution in [2.75, 3.05) is 51.8 Å². The van der Waals surface area contributed by atoms with Crippen molar-refractivity contribution >= 4 is 33.1 Å². The topological polar surface area (TPSA) is 104 Å². The molecule has 6 rings (SSSR count). The molecule has 0 unspecified atom stereocenters. The fourth-order valence-corrected chi connectivity index (χ4v) is 7.29. The molecule has 1 saturated heterocycles. The summed E-state index contributed by atoms with van der Waals surface area (Å²) in [6.45, 7) is 9.38. The van der Waals surface area contributed by atoms with Crippen molar-refractivity contribution in [2.24, 2.45) is 0 Å². The Balaban J connectivity index is 1.21. The predicted molar refractivity (Wildman–Crippen MR) is 168 cm³/mol. The quantitative estimate of drug-likeness (QED) is 0.313. The van der Waals surface area contributed by atoms with E-state index in [1.807, 2.05) is 24.3 Å². The minimum Gasteiger partial charge on any atom is -0.492 e. The molecule has 3 heterocycles. The number of anilines is 1. The van der Waals surface area contributed by atoms with Gasteiger partial charge in [-0.05, 0) is 75.2 Å². The van der Waals surface area contributed by atoms with Gasteiger partial charge in [0.2, 0.25) is 0 Å². The molecule has 2 aliphatic heterocycles. The molecule has 1 aliphatic carbocycles. The summed E-state index contributed by atoms with van der Waals surface area (Å²) >= 11 is 0. The van der Waals surface area contributed by atoms with Crippen LogP contribution in [0.1, 0.15) is 46.5 Å². The minimum atomic E-state index is -3.73. The van der Waals surface area contributed by atoms with Crippen LogP contribution >= 0.6 is 0 Å². The summed E-state index contributed by atoms with van der Waals surface area (Å²) in [6, 6.07) is 12.8. The molecule has 3 aliphatic rings. The van der Waals surface area contributed by atoms with Crippen molar-refractivity contribution in [3.63, 3.8) is 0 Å². The SMILES string of the molecule is Cc1[nH]c(C=C2C(=O)Nc3ccc(S(=O)(=O)Cc4ccccc4OCCN4CCOCC4)cc32)c(C)c1CN(C)C1CC1. The fraction of sp³-hybridized carbons (Fsp3) is 0.424. The Morgan fingerprint density at radius 1 is 1.12 bits per heavy atom. The second kappa shape index (κ2) is 12.3. The van der Waals surface area contributed by atoms with Gasteiger partial charge in [-0.3, -0.25) is 14.6 Å². The number of nitrogens with zero attached hydrogens (tertiary/aromatic N) is 2. The molecule has 10 heteroatoms. The number of nitrogens with one attached hydrogen (secondary N) is 2. The van der Waals surface area contributed by atoms with Crippen molar-refractivity contribution in [2.45, 2.75) is 49.9 Å². The molecule has 1 aromatic heterocycles. The number of hydrogen-bond acceptors (Lipinski definition) is 7. The Bertz CT molecular complexity index is 1650. The smallest absolute Gasteiger partial charge is 0.256 e. The second-order valence-electron chi connectivity index (χ2n) is 11.8. The van der Waals surface area contributed by atoms with Gasteiger partial charge in [0.05, 0.1) is 29.4 Å². The summed E-state index contributed by atoms with van der Waals surface area (Å²) in [5.41, 5.74) is 6.54. The summed E-state index contributed by atoms with van der Waals surface area (Å²) in [6.07, 6.45) is 4.33. The number of ether oxygens (including phenoxy) is 2. The van der Waals surface area contributed by atoms with Crippen LogP contribution in [0.2, 0.25) is 0 Å². The number of benzene rings is 2. The number of amides is 1. The average Bonchev–Trinajstić information content (AvgIpc) is 3.75. The van der Waals surface area contributed by atoms with Gasteiger partial charge in [-0.25, -0.2) is 8.42 Å². The summed E-state index contributed by atoms with van der Waals surface area (Å²) in [7, 11) is -1.58. The van der Waals surface area contributed by atoms with Crippen molar-refractivity contribution in [1.29, 1.82) is 0 Å². The zero-order chi connectivity index (χ0) is 30.1. The molecule has 0 spiro atoms. The Labute approximate surface area is 253 Å². The number of hydrogen-bond donors (Lipinski definition) is 2. The predicted octanol–water partition coefficient (Wildman–Crippen LogP) is 4.40. The van der Waals surface area contributed by atoms with Crippen LogP contribution in [-0.2, 0) is 31.7 Å². The van der Waals surface area contributed by atoms with Gasteiger partial charge in [0.1, 0.15) is 12.4 Å². The standard InChI is InChI=1S/C33H40N4O5S/c1-22-29(20-36(3)25-8-9-25)23(2)34-31(22)19-28-27-18-26(10-11-30(27)35-33(28)38)43(39,40)21-24-6-4-5-7-32(24)42-17-14-37-12-15-41-16-13-37/h4-7,10-11,18-19,25,34H,8-9,12-17,20-21H2,1-3H3,(H,35,38). The molecular formula is C33H40N4O5S. The molecule has 9 nitrogen and oxygen atoms in total. The minimum absolute atomic E-state index is 0.169. The van der Waals surface area contributed by atoms with Crippen LogP contribution in [-0.4, -0.2) is 81.7 Å². The largest absolute Gasteiger partial charge is 0.492 e. The molecule has 2 aromatic carbocycles. The van der Waals surface area contributed by atoms with Crippen LogP contribution in [0.5, 0.6) is 5.75 Å². The lowest BCUT2D eigenvalue weighted by Crippen LogP contribution is -2.38. The molecule has 3 aromatic rings. The maximum atomic E-state index is 13.7. The lowest BCUT2D eigenvalue weighted by atomic mass is 10.0. The normalized spacial score (nSPS) is 18.3. The number of aryl methyl sites for hydroxylation is 1. The molecule has 2 fully saturated rings. The number of para-hydroxylation sites is 1. The highest BCUT2D eigenvalue weighted by Crippen LogP contribution is 2.37. The lowest BCUT2D eigenvalue weighted by molar-refractivity contribution is -0.110. The maximum absolute atomic E-state index is 13.7. The number of H-pyrrole nitrogens is 1. The summed E-state index contributed by atoms with van der Waals surface area (Å²) in [4.78, 5) is 21.3. The Morgan fingerprint density at radius 3 is 2.65 bits per heavy atom. The van der Waals surface area contributed by atoms with Crippen LogP contribution in [0, 0.1) is 13.8 Å². The third-order valence-corrected chi connectivity index (χ3v) is 10.4. The first-order valence-electron chi connectivity index (χ1n) is 15.0. The van der Waals surface area contributed by atoms with Gasteiger partial charge < -0.3 is 19.8 Å². The van der Waals surface area contributed by atoms with E-state index >= 15 is 0 Å². The van der Waals surface area contributed by atoms with E-state index in [1.54, 1.807) is 24.3 Å². The zero-order valence-corrected chi connectivity index (χ0v) is 25.9. The first-order valence-corrected chi connectivity index (χ1v) is 16.6. The van der Waals surface area contributed by atoms with Gasteiger partial charge in [-0.15, -0.1) is 0 Å². The number of morpholine rings is 1. The van der Waals surface area contributed by atoms with Gasteiger partial charge in [0, 0.05) is 60.4 Å². The Morgan fingerprint density at radius 2 is 1.88 bits per heavy atom. The third-order valence-electron chi connectivity index (χ3n) is 8.72.